The molecule has 0 atom stereocenters. The fourth-order valence-corrected chi connectivity index (χ4v) is 3.20. The predicted octanol–water partition coefficient (Wildman–Crippen LogP) is 4.04. The number of aryl methyl sites for hydroxylation is 1. The molecule has 0 N–H and O–H groups in total. The highest BCUT2D eigenvalue weighted by molar-refractivity contribution is 5.93. The summed E-state index contributed by atoms with van der Waals surface area (Å²) in [5.41, 5.74) is 4.18. The van der Waals surface area contributed by atoms with Crippen molar-refractivity contribution in [1.29, 1.82) is 0 Å². The smallest absolute Gasteiger partial charge is 0.272 e. The summed E-state index contributed by atoms with van der Waals surface area (Å²) in [4.78, 5) is 20.9. The van der Waals surface area contributed by atoms with Gasteiger partial charge in [-0.25, -0.2) is 0 Å². The quantitative estimate of drug-likeness (QED) is 0.833. The first-order valence-electron chi connectivity index (χ1n) is 8.77. The lowest BCUT2D eigenvalue weighted by molar-refractivity contribution is 0.0787. The van der Waals surface area contributed by atoms with E-state index in [1.54, 1.807) is 11.1 Å². The van der Waals surface area contributed by atoms with E-state index in [1.807, 2.05) is 19.2 Å². The predicted molar refractivity (Wildman–Crippen MR) is 97.9 cm³/mol. The largest absolute Gasteiger partial charge is 0.341 e. The third-order valence-electron chi connectivity index (χ3n) is 4.58. The molecule has 4 heteroatoms. The number of unbranched alkanes of at least 4 members (excludes halogenated alkanes) is 1. The number of para-hydroxylation sites is 1. The van der Waals surface area contributed by atoms with E-state index in [1.165, 1.54) is 11.3 Å². The van der Waals surface area contributed by atoms with Gasteiger partial charge in [-0.1, -0.05) is 31.5 Å². The van der Waals surface area contributed by atoms with Crippen LogP contribution in [-0.2, 0) is 6.42 Å². The van der Waals surface area contributed by atoms with Crippen molar-refractivity contribution in [3.05, 3.63) is 53.9 Å². The van der Waals surface area contributed by atoms with Gasteiger partial charge in [0.05, 0.1) is 0 Å². The number of nitrogens with zero attached hydrogens (tertiary/aromatic N) is 3. The fraction of sp³-hybridized carbons (Fsp3) is 0.400. The molecule has 3 rings (SSSR count). The number of hydrogen-bond donors (Lipinski definition) is 0. The highest BCUT2D eigenvalue weighted by Crippen LogP contribution is 2.33. The second-order valence-electron chi connectivity index (χ2n) is 6.36. The van der Waals surface area contributed by atoms with Crippen LogP contribution in [-0.4, -0.2) is 35.9 Å². The number of carbonyl (C=O) groups excluding carboxylic acids is 1. The lowest BCUT2D eigenvalue weighted by Crippen LogP contribution is -2.29. The molecule has 0 fully saturated rings. The number of amides is 1. The minimum absolute atomic E-state index is 0.00408. The number of aromatic nitrogens is 1. The summed E-state index contributed by atoms with van der Waals surface area (Å²) in [7, 11) is 1.85. The SMILES string of the molecule is CCCCN(C)C(=O)c1cc(N2CCCc3ccccc32)ccn1. The van der Waals surface area contributed by atoms with Gasteiger partial charge in [-0.2, -0.15) is 0 Å². The Morgan fingerprint density at radius 2 is 2.12 bits per heavy atom. The normalized spacial score (nSPS) is 13.5. The van der Waals surface area contributed by atoms with E-state index in [0.29, 0.717) is 5.69 Å². The zero-order valence-electron chi connectivity index (χ0n) is 14.5. The second kappa shape index (κ2) is 7.47. The molecule has 1 aromatic heterocycles. The number of fused-ring (bicyclic) bond motifs is 1. The number of benzene rings is 1. The first-order valence-corrected chi connectivity index (χ1v) is 8.77. The van der Waals surface area contributed by atoms with E-state index >= 15 is 0 Å². The molecule has 0 unspecified atom stereocenters. The number of rotatable bonds is 5. The molecule has 0 saturated carbocycles. The van der Waals surface area contributed by atoms with E-state index in [-0.39, 0.29) is 5.91 Å². The molecule has 1 aromatic carbocycles. The molecular formula is C20H25N3O. The van der Waals surface area contributed by atoms with Crippen LogP contribution in [0.3, 0.4) is 0 Å². The maximum atomic E-state index is 12.6. The summed E-state index contributed by atoms with van der Waals surface area (Å²) < 4.78 is 0. The summed E-state index contributed by atoms with van der Waals surface area (Å²) in [5.74, 6) is -0.00408. The van der Waals surface area contributed by atoms with Crippen molar-refractivity contribution in [3.8, 4) is 0 Å². The van der Waals surface area contributed by atoms with Gasteiger partial charge in [0.25, 0.3) is 5.91 Å². The van der Waals surface area contributed by atoms with Gasteiger partial charge in [0.15, 0.2) is 0 Å². The molecular weight excluding hydrogens is 298 g/mol. The van der Waals surface area contributed by atoms with Crippen LogP contribution in [0, 0.1) is 0 Å². The van der Waals surface area contributed by atoms with Crippen molar-refractivity contribution in [2.24, 2.45) is 0 Å². The van der Waals surface area contributed by atoms with Gasteiger partial charge >= 0.3 is 0 Å². The van der Waals surface area contributed by atoms with Crippen LogP contribution in [0.15, 0.2) is 42.6 Å². The van der Waals surface area contributed by atoms with Crippen LogP contribution in [0.5, 0.6) is 0 Å². The maximum Gasteiger partial charge on any atom is 0.272 e. The molecule has 0 radical (unpaired) electrons. The third-order valence-corrected chi connectivity index (χ3v) is 4.58. The van der Waals surface area contributed by atoms with Crippen LogP contribution < -0.4 is 4.90 Å². The van der Waals surface area contributed by atoms with Crippen LogP contribution in [0.4, 0.5) is 11.4 Å². The minimum Gasteiger partial charge on any atom is -0.341 e. The molecule has 0 saturated heterocycles. The average Bonchev–Trinajstić information content (AvgIpc) is 2.65. The Kier molecular flexibility index (Phi) is 5.14. The second-order valence-corrected chi connectivity index (χ2v) is 6.36. The van der Waals surface area contributed by atoms with Crippen molar-refractivity contribution < 1.29 is 4.79 Å². The molecule has 0 bridgehead atoms. The lowest BCUT2D eigenvalue weighted by Gasteiger charge is -2.31. The van der Waals surface area contributed by atoms with Crippen molar-refractivity contribution in [2.45, 2.75) is 32.6 Å². The first-order chi connectivity index (χ1) is 11.7. The fourth-order valence-electron chi connectivity index (χ4n) is 3.20. The Balaban J connectivity index is 1.85. The van der Waals surface area contributed by atoms with Crippen molar-refractivity contribution >= 4 is 17.3 Å². The molecule has 4 nitrogen and oxygen atoms in total. The lowest BCUT2D eigenvalue weighted by atomic mass is 10.0. The standard InChI is InChI=1S/C20H25N3O/c1-3-4-13-22(2)20(24)18-15-17(11-12-21-18)23-14-7-9-16-8-5-6-10-19(16)23/h5-6,8,10-12,15H,3-4,7,9,13-14H2,1-2H3. The Labute approximate surface area is 144 Å². The van der Waals surface area contributed by atoms with E-state index in [0.717, 1.165) is 44.5 Å². The molecule has 0 aliphatic carbocycles. The summed E-state index contributed by atoms with van der Waals surface area (Å²) in [6, 6.07) is 12.4. The van der Waals surface area contributed by atoms with Gasteiger partial charge in [-0.15, -0.1) is 0 Å². The summed E-state index contributed by atoms with van der Waals surface area (Å²) >= 11 is 0. The van der Waals surface area contributed by atoms with Gasteiger partial charge in [0.1, 0.15) is 5.69 Å². The monoisotopic (exact) mass is 323 g/mol. The van der Waals surface area contributed by atoms with Crippen molar-refractivity contribution in [2.75, 3.05) is 25.0 Å². The number of carbonyl (C=O) groups is 1. The molecule has 0 spiro atoms. The highest BCUT2D eigenvalue weighted by atomic mass is 16.2. The number of pyridine rings is 1. The van der Waals surface area contributed by atoms with E-state index in [9.17, 15) is 4.79 Å². The molecule has 24 heavy (non-hydrogen) atoms. The molecule has 126 valence electrons. The number of anilines is 2. The molecule has 1 aliphatic rings. The van der Waals surface area contributed by atoms with Crippen LogP contribution in [0.1, 0.15) is 42.2 Å². The van der Waals surface area contributed by atoms with Crippen LogP contribution >= 0.6 is 0 Å². The van der Waals surface area contributed by atoms with E-state index in [2.05, 4.69) is 41.1 Å². The maximum absolute atomic E-state index is 12.6. The molecule has 1 aliphatic heterocycles. The van der Waals surface area contributed by atoms with Crippen molar-refractivity contribution in [3.63, 3.8) is 0 Å². The van der Waals surface area contributed by atoms with Crippen LogP contribution in [0.25, 0.3) is 0 Å². The summed E-state index contributed by atoms with van der Waals surface area (Å²) in [6.07, 6.45) is 6.08. The topological polar surface area (TPSA) is 36.4 Å². The van der Waals surface area contributed by atoms with Gasteiger partial charge in [0, 0.05) is 37.7 Å². The third kappa shape index (κ3) is 3.42. The minimum atomic E-state index is -0.00408. The molecule has 2 aromatic rings. The van der Waals surface area contributed by atoms with Crippen molar-refractivity contribution in [1.82, 2.24) is 9.88 Å². The van der Waals surface area contributed by atoms with Gasteiger partial charge in [-0.3, -0.25) is 9.78 Å². The van der Waals surface area contributed by atoms with Gasteiger partial charge in [-0.05, 0) is 43.0 Å². The van der Waals surface area contributed by atoms with E-state index < -0.39 is 0 Å². The van der Waals surface area contributed by atoms with Gasteiger partial charge < -0.3 is 9.80 Å². The van der Waals surface area contributed by atoms with E-state index in [4.69, 9.17) is 0 Å². The number of hydrogen-bond acceptors (Lipinski definition) is 3. The Morgan fingerprint density at radius 1 is 1.29 bits per heavy atom. The Bertz CT molecular complexity index is 714. The van der Waals surface area contributed by atoms with Gasteiger partial charge in [0.2, 0.25) is 0 Å². The van der Waals surface area contributed by atoms with Crippen LogP contribution in [0.2, 0.25) is 0 Å². The zero-order chi connectivity index (χ0) is 16.9. The molecule has 2 heterocycles. The highest BCUT2D eigenvalue weighted by Gasteiger charge is 2.20. The first kappa shape index (κ1) is 16.5. The summed E-state index contributed by atoms with van der Waals surface area (Å²) in [6.45, 7) is 3.87. The summed E-state index contributed by atoms with van der Waals surface area (Å²) in [5, 5.41) is 0. The Hall–Kier alpha value is -2.36. The zero-order valence-corrected chi connectivity index (χ0v) is 14.5. The Morgan fingerprint density at radius 3 is 2.96 bits per heavy atom. The molecule has 1 amide bonds. The average molecular weight is 323 g/mol.